The highest BCUT2D eigenvalue weighted by atomic mass is 31.2. The number of rotatable bonds is 8. The van der Waals surface area contributed by atoms with Crippen LogP contribution in [0.15, 0.2) is 187 Å². The molecular weight excluding hydrogens is 610 g/mol. The maximum atomic E-state index is 4.75. The molecule has 1 saturated carbocycles. The average molecular weight is 656 g/mol. The lowest BCUT2D eigenvalue weighted by Crippen LogP contribution is -2.71. The summed E-state index contributed by atoms with van der Waals surface area (Å²) in [5.74, 6) is 1.73. The molecule has 0 bridgehead atoms. The molecule has 0 amide bonds. The lowest BCUT2D eigenvalue weighted by atomic mass is 9.10. The van der Waals surface area contributed by atoms with Gasteiger partial charge in [-0.15, -0.1) is 5.10 Å². The SMILES string of the molecule is c1ccc([B-](c2ccccc2)(c2ccccc2)[C+]2CCCCC2)cc1.c1ccc([P+](C2=NNCC2)(c2ccccc2)c2ccccc2)cc1. The Morgan fingerprint density at radius 1 is 0.449 bits per heavy atom. The van der Waals surface area contributed by atoms with Crippen LogP contribution >= 0.6 is 7.26 Å². The second kappa shape index (κ2) is 15.6. The number of nitrogens with one attached hydrogen (secondary N) is 1. The fourth-order valence-electron chi connectivity index (χ4n) is 8.41. The van der Waals surface area contributed by atoms with Crippen LogP contribution in [0.2, 0.25) is 0 Å². The summed E-state index contributed by atoms with van der Waals surface area (Å²) >= 11 is 0. The predicted molar refractivity (Wildman–Crippen MR) is 216 cm³/mol. The van der Waals surface area contributed by atoms with Gasteiger partial charge in [0.2, 0.25) is 0 Å². The quantitative estimate of drug-likeness (QED) is 0.102. The van der Waals surface area contributed by atoms with Gasteiger partial charge in [-0.3, -0.25) is 0 Å². The van der Waals surface area contributed by atoms with Gasteiger partial charge in [0.1, 0.15) is 15.9 Å². The molecule has 0 atom stereocenters. The van der Waals surface area contributed by atoms with Gasteiger partial charge in [-0.1, -0.05) is 151 Å². The zero-order chi connectivity index (χ0) is 33.2. The molecule has 6 aromatic carbocycles. The first-order chi connectivity index (χ1) is 24.3. The molecular formula is C45H45BN2P+. The van der Waals surface area contributed by atoms with Gasteiger partial charge in [-0.05, 0) is 55.7 Å². The van der Waals surface area contributed by atoms with Crippen molar-refractivity contribution in [3.8, 4) is 0 Å². The molecule has 6 aromatic rings. The monoisotopic (exact) mass is 655 g/mol. The summed E-state index contributed by atoms with van der Waals surface area (Å²) in [6, 6.07) is 66.2. The first kappa shape index (κ1) is 32.7. The number of hydrazone groups is 1. The zero-order valence-electron chi connectivity index (χ0n) is 28.2. The maximum Gasteiger partial charge on any atom is 0.277 e. The minimum atomic E-state index is -1.91. The van der Waals surface area contributed by atoms with Gasteiger partial charge in [0.05, 0.1) is 0 Å². The Labute approximate surface area is 293 Å². The van der Waals surface area contributed by atoms with E-state index in [2.05, 4.69) is 187 Å². The molecule has 1 fully saturated rings. The Morgan fingerprint density at radius 3 is 1.12 bits per heavy atom. The van der Waals surface area contributed by atoms with E-state index >= 15 is 0 Å². The summed E-state index contributed by atoms with van der Waals surface area (Å²) in [5, 5.41) is 8.85. The first-order valence-electron chi connectivity index (χ1n) is 17.9. The Kier molecular flexibility index (Phi) is 10.4. The second-order valence-corrected chi connectivity index (χ2v) is 16.6. The summed E-state index contributed by atoms with van der Waals surface area (Å²) in [6.07, 6.45) is 6.49. The van der Waals surface area contributed by atoms with Crippen molar-refractivity contribution in [2.24, 2.45) is 5.10 Å². The van der Waals surface area contributed by atoms with Gasteiger partial charge < -0.3 is 5.43 Å². The van der Waals surface area contributed by atoms with Gasteiger partial charge in [-0.25, -0.2) is 0 Å². The number of benzene rings is 6. The minimum Gasteiger partial charge on any atom is -0.306 e. The standard InChI is InChI=1S/C24H25B.C21H20N2P/c1-5-13-21(14-6-1)25(22-15-7-2-8-16-22,23-17-9-3-10-18-23)24-19-11-4-12-20-24;1-4-10-18(11-5-1)24(21-16-17-22-23-21,19-12-6-2-7-13-19)20-14-8-3-9-15-20/h1-3,5-10,13-18H,4,11-12,19-20H2;1-15,22H,16-17H2/q;+1. The van der Waals surface area contributed by atoms with Crippen LogP contribution in [0.1, 0.15) is 38.5 Å². The van der Waals surface area contributed by atoms with Crippen molar-refractivity contribution in [1.29, 1.82) is 0 Å². The molecule has 2 aliphatic rings. The van der Waals surface area contributed by atoms with Crippen LogP contribution in [0.4, 0.5) is 0 Å². The third-order valence-electron chi connectivity index (χ3n) is 10.5. The number of hydrogen-bond acceptors (Lipinski definition) is 2. The van der Waals surface area contributed by atoms with Crippen LogP contribution in [0.5, 0.6) is 0 Å². The molecule has 0 aromatic heterocycles. The first-order valence-corrected chi connectivity index (χ1v) is 19.7. The van der Waals surface area contributed by atoms with E-state index in [-0.39, 0.29) is 0 Å². The Hall–Kier alpha value is -4.85. The normalized spacial score (nSPS) is 14.6. The van der Waals surface area contributed by atoms with Crippen LogP contribution in [-0.2, 0) is 0 Å². The molecule has 1 aliphatic heterocycles. The van der Waals surface area contributed by atoms with Crippen LogP contribution in [-0.4, -0.2) is 18.1 Å². The molecule has 4 heteroatoms. The summed E-state index contributed by atoms with van der Waals surface area (Å²) in [7, 11) is -1.91. The zero-order valence-corrected chi connectivity index (χ0v) is 29.1. The molecule has 0 spiro atoms. The van der Waals surface area contributed by atoms with Gasteiger partial charge in [0.25, 0.3) is 6.15 Å². The van der Waals surface area contributed by atoms with Crippen molar-refractivity contribution in [3.05, 3.63) is 188 Å². The molecule has 2 nitrogen and oxygen atoms in total. The van der Waals surface area contributed by atoms with E-state index < -0.39 is 13.4 Å². The lowest BCUT2D eigenvalue weighted by Gasteiger charge is -2.42. The van der Waals surface area contributed by atoms with Crippen molar-refractivity contribution >= 4 is 51.2 Å². The van der Waals surface area contributed by atoms with Crippen LogP contribution in [0.25, 0.3) is 0 Å². The van der Waals surface area contributed by atoms with Gasteiger partial charge in [0.15, 0.2) is 12.7 Å². The molecule has 8 rings (SSSR count). The highest BCUT2D eigenvalue weighted by Crippen LogP contribution is 2.58. The van der Waals surface area contributed by atoms with E-state index in [1.807, 2.05) is 0 Å². The van der Waals surface area contributed by atoms with Crippen molar-refractivity contribution in [1.82, 2.24) is 5.43 Å². The molecule has 1 heterocycles. The lowest BCUT2D eigenvalue weighted by molar-refractivity contribution is 0.570. The van der Waals surface area contributed by atoms with Gasteiger partial charge in [-0.2, -0.15) is 16.4 Å². The van der Waals surface area contributed by atoms with Crippen LogP contribution in [0.3, 0.4) is 0 Å². The number of hydrogen-bond donors (Lipinski definition) is 1. The summed E-state index contributed by atoms with van der Waals surface area (Å²) < 4.78 is 0. The predicted octanol–water partition coefficient (Wildman–Crippen LogP) is 7.52. The van der Waals surface area contributed by atoms with E-state index in [1.54, 1.807) is 5.82 Å². The topological polar surface area (TPSA) is 24.4 Å². The highest BCUT2D eigenvalue weighted by Gasteiger charge is 2.52. The smallest absolute Gasteiger partial charge is 0.277 e. The van der Waals surface area contributed by atoms with E-state index in [0.717, 1.165) is 13.0 Å². The molecule has 0 unspecified atom stereocenters. The van der Waals surface area contributed by atoms with E-state index in [1.165, 1.54) is 69.9 Å². The Morgan fingerprint density at radius 2 is 0.796 bits per heavy atom. The van der Waals surface area contributed by atoms with Crippen LogP contribution < -0.4 is 37.7 Å². The van der Waals surface area contributed by atoms with Crippen LogP contribution in [0, 0.1) is 5.82 Å². The largest absolute Gasteiger partial charge is 0.306 e. The van der Waals surface area contributed by atoms with Gasteiger partial charge >= 0.3 is 0 Å². The molecule has 242 valence electrons. The fraction of sp³-hybridized carbons (Fsp3) is 0.156. The van der Waals surface area contributed by atoms with E-state index in [4.69, 9.17) is 5.10 Å². The number of nitrogens with zero attached hydrogens (tertiary/aromatic N) is 1. The third-order valence-corrected chi connectivity index (χ3v) is 14.8. The molecule has 1 N–H and O–H groups in total. The summed E-state index contributed by atoms with van der Waals surface area (Å²) in [6.45, 7) is 0.920. The molecule has 0 saturated heterocycles. The summed E-state index contributed by atoms with van der Waals surface area (Å²) in [4.78, 5) is 0. The fourth-order valence-corrected chi connectivity index (χ4v) is 12.7. The molecule has 49 heavy (non-hydrogen) atoms. The van der Waals surface area contributed by atoms with Crippen molar-refractivity contribution in [2.45, 2.75) is 38.5 Å². The third kappa shape index (κ3) is 6.49. The Balaban J connectivity index is 0.000000154. The molecule has 1 aliphatic carbocycles. The van der Waals surface area contributed by atoms with Crippen molar-refractivity contribution in [3.63, 3.8) is 0 Å². The van der Waals surface area contributed by atoms with Gasteiger partial charge in [0, 0.05) is 25.8 Å². The minimum absolute atomic E-state index is 0.920. The van der Waals surface area contributed by atoms with Crippen molar-refractivity contribution in [2.75, 3.05) is 6.54 Å². The summed E-state index contributed by atoms with van der Waals surface area (Å²) in [5.41, 5.74) is 8.85. The Bertz CT molecular complexity index is 1700. The van der Waals surface area contributed by atoms with E-state index in [0.29, 0.717) is 0 Å². The molecule has 0 radical (unpaired) electrons. The van der Waals surface area contributed by atoms with Crippen molar-refractivity contribution < 1.29 is 0 Å². The highest BCUT2D eigenvalue weighted by molar-refractivity contribution is 8.08. The van der Waals surface area contributed by atoms with E-state index in [9.17, 15) is 0 Å². The average Bonchev–Trinajstić information content (AvgIpc) is 3.74. The second-order valence-electron chi connectivity index (χ2n) is 13.2. The maximum absolute atomic E-state index is 4.75.